The minimum Gasteiger partial charge on any atom is -0.397 e. The predicted octanol–water partition coefficient (Wildman–Crippen LogP) is 2.89. The fourth-order valence-electron chi connectivity index (χ4n) is 1.62. The second-order valence-electron chi connectivity index (χ2n) is 4.00. The zero-order chi connectivity index (χ0) is 12.2. The van der Waals surface area contributed by atoms with Gasteiger partial charge in [0, 0.05) is 5.02 Å². The van der Waals surface area contributed by atoms with Crippen LogP contribution < -0.4 is 11.1 Å². The molecular weight excluding hydrogens is 224 g/mol. The highest BCUT2D eigenvalue weighted by atomic mass is 35.5. The van der Waals surface area contributed by atoms with Gasteiger partial charge >= 0.3 is 0 Å². The number of anilines is 2. The second-order valence-corrected chi connectivity index (χ2v) is 4.44. The number of aliphatic hydroxyl groups excluding tert-OH is 1. The van der Waals surface area contributed by atoms with E-state index in [0.29, 0.717) is 10.7 Å². The fourth-order valence-corrected chi connectivity index (χ4v) is 1.80. The van der Waals surface area contributed by atoms with Crippen LogP contribution in [0.15, 0.2) is 18.2 Å². The summed E-state index contributed by atoms with van der Waals surface area (Å²) in [5, 5.41) is 13.4. The minimum absolute atomic E-state index is 0.0854. The van der Waals surface area contributed by atoms with Crippen molar-refractivity contribution in [3.05, 3.63) is 23.2 Å². The molecule has 0 bridgehead atoms. The third kappa shape index (κ3) is 2.80. The van der Waals surface area contributed by atoms with Gasteiger partial charge in [-0.15, -0.1) is 0 Å². The Kier molecular flexibility index (Phi) is 4.44. The molecule has 0 aliphatic rings. The average molecular weight is 243 g/mol. The third-order valence-electron chi connectivity index (χ3n) is 3.07. The van der Waals surface area contributed by atoms with Gasteiger partial charge in [0.15, 0.2) is 0 Å². The normalized spacial score (nSPS) is 11.5. The SMILES string of the molecule is CCC(CC)(CO)Nc1ccc(Cl)cc1N. The Morgan fingerprint density at radius 3 is 2.44 bits per heavy atom. The molecule has 1 rings (SSSR count). The molecule has 0 unspecified atom stereocenters. The van der Waals surface area contributed by atoms with Gasteiger partial charge in [-0.2, -0.15) is 0 Å². The number of rotatable bonds is 5. The Bertz CT molecular complexity index is 343. The van der Waals surface area contributed by atoms with Gasteiger partial charge in [-0.1, -0.05) is 25.4 Å². The molecular formula is C12H19ClN2O. The predicted molar refractivity (Wildman–Crippen MR) is 69.9 cm³/mol. The number of halogens is 1. The standard InChI is InChI=1S/C12H19ClN2O/c1-3-12(4-2,8-16)15-11-6-5-9(13)7-10(11)14/h5-7,15-16H,3-4,8,14H2,1-2H3. The molecule has 0 saturated carbocycles. The van der Waals surface area contributed by atoms with E-state index >= 15 is 0 Å². The molecule has 3 nitrogen and oxygen atoms in total. The van der Waals surface area contributed by atoms with E-state index < -0.39 is 0 Å². The van der Waals surface area contributed by atoms with E-state index in [-0.39, 0.29) is 12.1 Å². The van der Waals surface area contributed by atoms with Crippen LogP contribution in [0.3, 0.4) is 0 Å². The number of hydrogen-bond donors (Lipinski definition) is 3. The molecule has 0 saturated heterocycles. The molecule has 4 N–H and O–H groups in total. The van der Waals surface area contributed by atoms with Crippen molar-refractivity contribution in [2.75, 3.05) is 17.7 Å². The summed E-state index contributed by atoms with van der Waals surface area (Å²) >= 11 is 5.83. The van der Waals surface area contributed by atoms with Crippen molar-refractivity contribution in [3.63, 3.8) is 0 Å². The van der Waals surface area contributed by atoms with Crippen LogP contribution in [-0.4, -0.2) is 17.3 Å². The number of hydrogen-bond acceptors (Lipinski definition) is 3. The van der Waals surface area contributed by atoms with Crippen LogP contribution >= 0.6 is 11.6 Å². The van der Waals surface area contributed by atoms with Crippen LogP contribution in [0.5, 0.6) is 0 Å². The summed E-state index contributed by atoms with van der Waals surface area (Å²) in [7, 11) is 0. The van der Waals surface area contributed by atoms with Gasteiger partial charge in [-0.25, -0.2) is 0 Å². The van der Waals surface area contributed by atoms with Gasteiger partial charge in [-0.05, 0) is 31.0 Å². The van der Waals surface area contributed by atoms with E-state index in [1.807, 2.05) is 19.9 Å². The molecule has 0 heterocycles. The van der Waals surface area contributed by atoms with Gasteiger partial charge in [0.1, 0.15) is 0 Å². The van der Waals surface area contributed by atoms with Crippen LogP contribution in [0.4, 0.5) is 11.4 Å². The third-order valence-corrected chi connectivity index (χ3v) is 3.30. The van der Waals surface area contributed by atoms with Gasteiger partial charge in [0.05, 0.1) is 23.5 Å². The molecule has 16 heavy (non-hydrogen) atoms. The maximum Gasteiger partial charge on any atom is 0.0661 e. The van der Waals surface area contributed by atoms with Gasteiger partial charge in [-0.3, -0.25) is 0 Å². The topological polar surface area (TPSA) is 58.3 Å². The smallest absolute Gasteiger partial charge is 0.0661 e. The van der Waals surface area contributed by atoms with Crippen molar-refractivity contribution >= 4 is 23.0 Å². The largest absolute Gasteiger partial charge is 0.397 e. The Hall–Kier alpha value is -0.930. The van der Waals surface area contributed by atoms with Crippen LogP contribution in [-0.2, 0) is 0 Å². The van der Waals surface area contributed by atoms with Crippen molar-refractivity contribution in [1.29, 1.82) is 0 Å². The molecule has 1 aromatic carbocycles. The monoisotopic (exact) mass is 242 g/mol. The Balaban J connectivity index is 2.93. The number of nitrogens with two attached hydrogens (primary N) is 1. The lowest BCUT2D eigenvalue weighted by atomic mass is 9.93. The highest BCUT2D eigenvalue weighted by molar-refractivity contribution is 6.31. The van der Waals surface area contributed by atoms with E-state index in [4.69, 9.17) is 17.3 Å². The van der Waals surface area contributed by atoms with Gasteiger partial charge in [0.25, 0.3) is 0 Å². The Labute approximate surface area is 102 Å². The fraction of sp³-hybridized carbons (Fsp3) is 0.500. The molecule has 0 amide bonds. The summed E-state index contributed by atoms with van der Waals surface area (Å²) in [6.45, 7) is 4.17. The molecule has 0 spiro atoms. The molecule has 0 aromatic heterocycles. The summed E-state index contributed by atoms with van der Waals surface area (Å²) < 4.78 is 0. The first kappa shape index (κ1) is 13.1. The lowest BCUT2D eigenvalue weighted by molar-refractivity contribution is 0.202. The summed E-state index contributed by atoms with van der Waals surface area (Å²) in [6.07, 6.45) is 1.67. The van der Waals surface area contributed by atoms with Crippen LogP contribution in [0.2, 0.25) is 5.02 Å². The number of nitrogen functional groups attached to an aromatic ring is 1. The molecule has 0 fully saturated rings. The summed E-state index contributed by atoms with van der Waals surface area (Å²) in [5.41, 5.74) is 6.99. The molecule has 0 aliphatic heterocycles. The highest BCUT2D eigenvalue weighted by Crippen LogP contribution is 2.28. The average Bonchev–Trinajstić information content (AvgIpc) is 2.29. The summed E-state index contributed by atoms with van der Waals surface area (Å²) in [6, 6.07) is 5.33. The zero-order valence-electron chi connectivity index (χ0n) is 9.76. The molecule has 4 heteroatoms. The molecule has 0 aliphatic carbocycles. The highest BCUT2D eigenvalue weighted by Gasteiger charge is 2.25. The van der Waals surface area contributed by atoms with Gasteiger partial charge in [0.2, 0.25) is 0 Å². The first-order valence-corrected chi connectivity index (χ1v) is 5.88. The van der Waals surface area contributed by atoms with Crippen molar-refractivity contribution in [2.24, 2.45) is 0 Å². The van der Waals surface area contributed by atoms with Crippen LogP contribution in [0.25, 0.3) is 0 Å². The number of benzene rings is 1. The molecule has 1 aromatic rings. The van der Waals surface area contributed by atoms with E-state index in [0.717, 1.165) is 18.5 Å². The second kappa shape index (κ2) is 5.41. The van der Waals surface area contributed by atoms with Crippen molar-refractivity contribution in [1.82, 2.24) is 0 Å². The first-order valence-electron chi connectivity index (χ1n) is 5.51. The molecule has 90 valence electrons. The van der Waals surface area contributed by atoms with Crippen LogP contribution in [0.1, 0.15) is 26.7 Å². The zero-order valence-corrected chi connectivity index (χ0v) is 10.5. The maximum absolute atomic E-state index is 9.45. The quantitative estimate of drug-likeness (QED) is 0.696. The van der Waals surface area contributed by atoms with Crippen molar-refractivity contribution < 1.29 is 5.11 Å². The lowest BCUT2D eigenvalue weighted by Gasteiger charge is -2.32. The van der Waals surface area contributed by atoms with Crippen molar-refractivity contribution in [2.45, 2.75) is 32.2 Å². The van der Waals surface area contributed by atoms with Crippen molar-refractivity contribution in [3.8, 4) is 0 Å². The van der Waals surface area contributed by atoms with E-state index in [1.165, 1.54) is 0 Å². The summed E-state index contributed by atoms with van der Waals surface area (Å²) in [5.74, 6) is 0. The maximum atomic E-state index is 9.45. The van der Waals surface area contributed by atoms with Crippen LogP contribution in [0, 0.1) is 0 Å². The minimum atomic E-state index is -0.304. The number of nitrogens with one attached hydrogen (secondary N) is 1. The Morgan fingerprint density at radius 2 is 2.00 bits per heavy atom. The summed E-state index contributed by atoms with van der Waals surface area (Å²) in [4.78, 5) is 0. The first-order chi connectivity index (χ1) is 7.56. The van der Waals surface area contributed by atoms with E-state index in [2.05, 4.69) is 5.32 Å². The molecule has 0 radical (unpaired) electrons. The molecule has 0 atom stereocenters. The van der Waals surface area contributed by atoms with E-state index in [9.17, 15) is 5.11 Å². The van der Waals surface area contributed by atoms with Gasteiger partial charge < -0.3 is 16.2 Å². The van der Waals surface area contributed by atoms with E-state index in [1.54, 1.807) is 12.1 Å². The lowest BCUT2D eigenvalue weighted by Crippen LogP contribution is -2.41. The Morgan fingerprint density at radius 1 is 1.38 bits per heavy atom. The number of aliphatic hydroxyl groups is 1.